The Kier molecular flexibility index (Phi) is 7.86. The maximum absolute atomic E-state index is 2.50. The molecule has 0 amide bonds. The van der Waals surface area contributed by atoms with Crippen LogP contribution in [0.15, 0.2) is 12.1 Å². The van der Waals surface area contributed by atoms with Gasteiger partial charge in [0.25, 0.3) is 0 Å². The number of unbranched alkanes of at least 4 members (excludes halogenated alkanes) is 4. The van der Waals surface area contributed by atoms with Gasteiger partial charge in [-0.25, -0.2) is 0 Å². The predicted octanol–water partition coefficient (Wildman–Crippen LogP) is 8.62. The van der Waals surface area contributed by atoms with Gasteiger partial charge in [-0.05, 0) is 49.7 Å². The van der Waals surface area contributed by atoms with Crippen molar-refractivity contribution in [1.29, 1.82) is 0 Å². The molecule has 0 aliphatic heterocycles. The van der Waals surface area contributed by atoms with E-state index >= 15 is 0 Å². The van der Waals surface area contributed by atoms with Crippen molar-refractivity contribution < 1.29 is 0 Å². The van der Waals surface area contributed by atoms with Gasteiger partial charge in [-0.2, -0.15) is 0 Å². The molecule has 2 aromatic rings. The lowest BCUT2D eigenvalue weighted by molar-refractivity contribution is 0.259. The number of hydrogen-bond donors (Lipinski definition) is 0. The summed E-state index contributed by atoms with van der Waals surface area (Å²) in [4.78, 5) is 3.25. The zero-order valence-electron chi connectivity index (χ0n) is 16.3. The van der Waals surface area contributed by atoms with Crippen molar-refractivity contribution in [2.24, 2.45) is 11.8 Å². The second kappa shape index (κ2) is 10.1. The number of hydrogen-bond acceptors (Lipinski definition) is 2. The Bertz CT molecular complexity index is 582. The van der Waals surface area contributed by atoms with Crippen LogP contribution in [0.4, 0.5) is 0 Å². The molecule has 2 heterocycles. The van der Waals surface area contributed by atoms with Crippen molar-refractivity contribution in [3.8, 4) is 0 Å². The second-order valence-electron chi connectivity index (χ2n) is 8.15. The quantitative estimate of drug-likeness (QED) is 0.364. The first-order valence-electron chi connectivity index (χ1n) is 10.8. The van der Waals surface area contributed by atoms with E-state index in [1.807, 2.05) is 0 Å². The van der Waals surface area contributed by atoms with Crippen molar-refractivity contribution in [3.05, 3.63) is 21.9 Å². The number of thiophene rings is 2. The minimum atomic E-state index is 1.00. The van der Waals surface area contributed by atoms with Crippen molar-refractivity contribution in [1.82, 2.24) is 0 Å². The summed E-state index contributed by atoms with van der Waals surface area (Å²) in [5, 5.41) is 0. The summed E-state index contributed by atoms with van der Waals surface area (Å²) in [5.74, 6) is 2.03. The molecule has 2 heteroatoms. The van der Waals surface area contributed by atoms with Crippen LogP contribution in [0.1, 0.15) is 94.2 Å². The molecular weight excluding hydrogens is 340 g/mol. The fourth-order valence-corrected chi connectivity index (χ4v) is 6.86. The van der Waals surface area contributed by atoms with Crippen LogP contribution in [0.3, 0.4) is 0 Å². The molecule has 0 bridgehead atoms. The molecule has 3 rings (SSSR count). The Hall–Kier alpha value is -0.340. The van der Waals surface area contributed by atoms with E-state index in [9.17, 15) is 0 Å². The smallest absolute Gasteiger partial charge is 0.0456 e. The van der Waals surface area contributed by atoms with E-state index in [1.54, 1.807) is 19.2 Å². The molecular formula is C23H36S2. The van der Waals surface area contributed by atoms with Gasteiger partial charge >= 0.3 is 0 Å². The summed E-state index contributed by atoms with van der Waals surface area (Å²) in [6.07, 6.45) is 18.3. The average molecular weight is 377 g/mol. The fourth-order valence-electron chi connectivity index (χ4n) is 4.36. The summed E-state index contributed by atoms with van der Waals surface area (Å²) >= 11 is 4.13. The van der Waals surface area contributed by atoms with E-state index in [1.165, 1.54) is 83.5 Å². The lowest BCUT2D eigenvalue weighted by Crippen LogP contribution is -2.14. The van der Waals surface area contributed by atoms with Gasteiger partial charge in [0.2, 0.25) is 0 Å². The van der Waals surface area contributed by atoms with E-state index < -0.39 is 0 Å². The van der Waals surface area contributed by atoms with Gasteiger partial charge in [0.05, 0.1) is 0 Å². The van der Waals surface area contributed by atoms with Crippen LogP contribution in [0.2, 0.25) is 0 Å². The first kappa shape index (κ1) is 19.4. The van der Waals surface area contributed by atoms with Crippen LogP contribution in [-0.2, 0) is 12.8 Å². The monoisotopic (exact) mass is 376 g/mol. The third-order valence-corrected chi connectivity index (χ3v) is 8.59. The van der Waals surface area contributed by atoms with Gasteiger partial charge in [-0.15, -0.1) is 22.7 Å². The van der Waals surface area contributed by atoms with Crippen LogP contribution in [-0.4, -0.2) is 0 Å². The van der Waals surface area contributed by atoms with Crippen molar-refractivity contribution in [2.75, 3.05) is 0 Å². The predicted molar refractivity (Wildman–Crippen MR) is 116 cm³/mol. The van der Waals surface area contributed by atoms with Gasteiger partial charge in [0, 0.05) is 19.2 Å². The molecule has 0 atom stereocenters. The highest BCUT2D eigenvalue weighted by molar-refractivity contribution is 7.27. The van der Waals surface area contributed by atoms with E-state index in [-0.39, 0.29) is 0 Å². The molecule has 0 radical (unpaired) electrons. The lowest BCUT2D eigenvalue weighted by Gasteiger charge is -2.27. The van der Waals surface area contributed by atoms with Crippen molar-refractivity contribution in [3.63, 3.8) is 0 Å². The highest BCUT2D eigenvalue weighted by Gasteiger charge is 2.20. The van der Waals surface area contributed by atoms with E-state index in [0.29, 0.717) is 0 Å². The molecule has 25 heavy (non-hydrogen) atoms. The molecule has 140 valence electrons. The first-order valence-corrected chi connectivity index (χ1v) is 12.4. The summed E-state index contributed by atoms with van der Waals surface area (Å²) in [6, 6.07) is 4.99. The normalized spacial score (nSPS) is 21.2. The Morgan fingerprint density at radius 2 is 1.36 bits per heavy atom. The SMILES string of the molecule is CCCCCCCc1cc2sc(CCC3CCC(CC)CC3)cc2s1. The lowest BCUT2D eigenvalue weighted by atomic mass is 9.79. The molecule has 0 N–H and O–H groups in total. The summed E-state index contributed by atoms with van der Waals surface area (Å²) in [5.41, 5.74) is 0. The van der Waals surface area contributed by atoms with Crippen LogP contribution in [0.5, 0.6) is 0 Å². The highest BCUT2D eigenvalue weighted by Crippen LogP contribution is 2.37. The van der Waals surface area contributed by atoms with Crippen LogP contribution < -0.4 is 0 Å². The standard InChI is InChI=1S/C23H36S2/c1-3-5-6-7-8-9-20-16-22-23(24-20)17-21(25-22)15-14-19-12-10-18(4-2)11-13-19/h16-19H,3-15H2,1-2H3. The molecule has 1 saturated carbocycles. The molecule has 1 aliphatic carbocycles. The second-order valence-corrected chi connectivity index (χ2v) is 10.5. The topological polar surface area (TPSA) is 0 Å². The van der Waals surface area contributed by atoms with Crippen LogP contribution in [0, 0.1) is 11.8 Å². The Labute approximate surface area is 163 Å². The Morgan fingerprint density at radius 1 is 0.760 bits per heavy atom. The summed E-state index contributed by atoms with van der Waals surface area (Å²) < 4.78 is 3.11. The fraction of sp³-hybridized carbons (Fsp3) is 0.739. The molecule has 1 aliphatic rings. The molecule has 1 fully saturated rings. The van der Waals surface area contributed by atoms with Gasteiger partial charge in [-0.3, -0.25) is 0 Å². The molecule has 0 nitrogen and oxygen atoms in total. The van der Waals surface area contributed by atoms with Crippen molar-refractivity contribution in [2.45, 2.75) is 97.3 Å². The Morgan fingerprint density at radius 3 is 2.00 bits per heavy atom. The maximum Gasteiger partial charge on any atom is 0.0456 e. The minimum absolute atomic E-state index is 1.00. The van der Waals surface area contributed by atoms with Gasteiger partial charge in [0.1, 0.15) is 0 Å². The van der Waals surface area contributed by atoms with Gasteiger partial charge < -0.3 is 0 Å². The van der Waals surface area contributed by atoms with E-state index in [2.05, 4.69) is 48.7 Å². The number of aryl methyl sites for hydroxylation is 2. The molecule has 2 aromatic heterocycles. The van der Waals surface area contributed by atoms with E-state index in [0.717, 1.165) is 11.8 Å². The third kappa shape index (κ3) is 5.82. The molecule has 0 aromatic carbocycles. The molecule has 0 spiro atoms. The summed E-state index contributed by atoms with van der Waals surface area (Å²) in [6.45, 7) is 4.66. The largest absolute Gasteiger partial charge is 0.139 e. The minimum Gasteiger partial charge on any atom is -0.139 e. The number of fused-ring (bicyclic) bond motifs is 1. The van der Waals surface area contributed by atoms with E-state index in [4.69, 9.17) is 0 Å². The first-order chi connectivity index (χ1) is 12.3. The maximum atomic E-state index is 2.50. The summed E-state index contributed by atoms with van der Waals surface area (Å²) in [7, 11) is 0. The van der Waals surface area contributed by atoms with Crippen LogP contribution >= 0.6 is 22.7 Å². The van der Waals surface area contributed by atoms with Crippen LogP contribution in [0.25, 0.3) is 9.40 Å². The van der Waals surface area contributed by atoms with Gasteiger partial charge in [-0.1, -0.05) is 71.6 Å². The molecule has 0 unspecified atom stereocenters. The third-order valence-electron chi connectivity index (χ3n) is 6.18. The zero-order chi connectivity index (χ0) is 17.5. The number of rotatable bonds is 10. The zero-order valence-corrected chi connectivity index (χ0v) is 18.0. The van der Waals surface area contributed by atoms with Gasteiger partial charge in [0.15, 0.2) is 0 Å². The average Bonchev–Trinajstić information content (AvgIpc) is 3.18. The Balaban J connectivity index is 1.42. The highest BCUT2D eigenvalue weighted by atomic mass is 32.1. The van der Waals surface area contributed by atoms with Crippen molar-refractivity contribution >= 4 is 32.1 Å². The molecule has 0 saturated heterocycles.